The van der Waals surface area contributed by atoms with E-state index in [-0.39, 0.29) is 0 Å². The average molecular weight is 180 g/mol. The predicted octanol–water partition coefficient (Wildman–Crippen LogP) is 2.82. The Bertz CT molecular complexity index is 367. The Morgan fingerprint density at radius 3 is 3.27 bits per heavy atom. The van der Waals surface area contributed by atoms with Gasteiger partial charge in [-0.3, -0.25) is 0 Å². The summed E-state index contributed by atoms with van der Waals surface area (Å²) in [5.74, 6) is 0. The first-order valence-corrected chi connectivity index (χ1v) is 5.25. The van der Waals surface area contributed by atoms with Crippen molar-refractivity contribution in [3.8, 4) is 0 Å². The second-order valence-electron chi connectivity index (χ2n) is 2.14. The molecule has 2 rings (SSSR count). The van der Waals surface area contributed by atoms with E-state index >= 15 is 0 Å². The van der Waals surface area contributed by atoms with Gasteiger partial charge >= 0.3 is 0 Å². The quantitative estimate of drug-likeness (QED) is 0.626. The zero-order valence-electron chi connectivity index (χ0n) is 6.00. The standard InChI is InChI=1S/C8H6NS2/c1-10-6-2-3-8-7(4-6)9-5-11-8/h2-4H,1H3. The van der Waals surface area contributed by atoms with Crippen LogP contribution >= 0.6 is 23.1 Å². The Morgan fingerprint density at radius 1 is 1.55 bits per heavy atom. The van der Waals surface area contributed by atoms with Crippen LogP contribution in [0.2, 0.25) is 0 Å². The van der Waals surface area contributed by atoms with Crippen molar-refractivity contribution in [1.82, 2.24) is 4.98 Å². The Morgan fingerprint density at radius 2 is 2.45 bits per heavy atom. The van der Waals surface area contributed by atoms with E-state index in [1.165, 1.54) is 9.60 Å². The smallest absolute Gasteiger partial charge is 0.153 e. The second-order valence-corrected chi connectivity index (χ2v) is 3.84. The second kappa shape index (κ2) is 2.83. The van der Waals surface area contributed by atoms with Crippen molar-refractivity contribution in [1.29, 1.82) is 0 Å². The number of hydrogen-bond donors (Lipinski definition) is 0. The first-order valence-electron chi connectivity index (χ1n) is 3.21. The molecule has 55 valence electrons. The summed E-state index contributed by atoms with van der Waals surface area (Å²) in [7, 11) is 0. The van der Waals surface area contributed by atoms with Crippen LogP contribution < -0.4 is 0 Å². The summed E-state index contributed by atoms with van der Waals surface area (Å²) < 4.78 is 1.21. The normalized spacial score (nSPS) is 10.6. The molecule has 0 atom stereocenters. The molecule has 0 aliphatic carbocycles. The van der Waals surface area contributed by atoms with E-state index in [0.29, 0.717) is 0 Å². The number of thiazole rings is 1. The Labute approximate surface area is 73.5 Å². The lowest BCUT2D eigenvalue weighted by Crippen LogP contribution is -1.69. The summed E-state index contributed by atoms with van der Waals surface area (Å²) in [6.07, 6.45) is 2.07. The number of aromatic nitrogens is 1. The molecule has 0 N–H and O–H groups in total. The number of thioether (sulfide) groups is 1. The van der Waals surface area contributed by atoms with Gasteiger partial charge in [0.15, 0.2) is 5.51 Å². The molecule has 11 heavy (non-hydrogen) atoms. The number of nitrogens with zero attached hydrogens (tertiary/aromatic N) is 1. The topological polar surface area (TPSA) is 12.9 Å². The summed E-state index contributed by atoms with van der Waals surface area (Å²) in [4.78, 5) is 5.37. The van der Waals surface area contributed by atoms with E-state index < -0.39 is 0 Å². The lowest BCUT2D eigenvalue weighted by molar-refractivity contribution is 1.43. The fraction of sp³-hybridized carbons (Fsp3) is 0.125. The Kier molecular flexibility index (Phi) is 1.84. The van der Waals surface area contributed by atoms with Gasteiger partial charge in [-0.05, 0) is 24.5 Å². The molecule has 0 aliphatic rings. The minimum absolute atomic E-state index is 1.06. The van der Waals surface area contributed by atoms with E-state index in [2.05, 4.69) is 34.9 Å². The van der Waals surface area contributed by atoms with Crippen molar-refractivity contribution in [2.45, 2.75) is 4.90 Å². The lowest BCUT2D eigenvalue weighted by Gasteiger charge is -1.92. The van der Waals surface area contributed by atoms with Crippen molar-refractivity contribution in [2.75, 3.05) is 6.26 Å². The first-order chi connectivity index (χ1) is 5.40. The van der Waals surface area contributed by atoms with Gasteiger partial charge in [0.2, 0.25) is 0 Å². The highest BCUT2D eigenvalue weighted by atomic mass is 32.2. The molecule has 1 aromatic carbocycles. The molecule has 0 amide bonds. The molecule has 0 spiro atoms. The van der Waals surface area contributed by atoms with Gasteiger partial charge in [-0.15, -0.1) is 23.1 Å². The van der Waals surface area contributed by atoms with Gasteiger partial charge in [0.25, 0.3) is 0 Å². The van der Waals surface area contributed by atoms with E-state index in [1.807, 2.05) is 0 Å². The Balaban J connectivity index is 2.67. The maximum atomic E-state index is 4.11. The summed E-state index contributed by atoms with van der Waals surface area (Å²) >= 11 is 3.30. The SMILES string of the molecule is CSc1ccc2s[c]nc2c1. The van der Waals surface area contributed by atoms with Crippen LogP contribution in [-0.2, 0) is 0 Å². The molecule has 0 saturated heterocycles. The van der Waals surface area contributed by atoms with Gasteiger partial charge in [0.1, 0.15) is 0 Å². The van der Waals surface area contributed by atoms with Crippen LogP contribution in [0.3, 0.4) is 0 Å². The third-order valence-electron chi connectivity index (χ3n) is 1.49. The minimum atomic E-state index is 1.06. The first kappa shape index (κ1) is 7.13. The molecule has 0 aliphatic heterocycles. The molecule has 2 aromatic rings. The van der Waals surface area contributed by atoms with Gasteiger partial charge in [-0.2, -0.15) is 0 Å². The zero-order valence-corrected chi connectivity index (χ0v) is 7.63. The molecule has 1 aromatic heterocycles. The number of hydrogen-bond acceptors (Lipinski definition) is 3. The van der Waals surface area contributed by atoms with Gasteiger partial charge in [-0.25, -0.2) is 4.98 Å². The molecule has 1 heterocycles. The van der Waals surface area contributed by atoms with Gasteiger partial charge < -0.3 is 0 Å². The van der Waals surface area contributed by atoms with Crippen molar-refractivity contribution < 1.29 is 0 Å². The molecule has 0 fully saturated rings. The monoisotopic (exact) mass is 180 g/mol. The van der Waals surface area contributed by atoms with Crippen LogP contribution in [0, 0.1) is 5.51 Å². The van der Waals surface area contributed by atoms with E-state index in [4.69, 9.17) is 0 Å². The van der Waals surface area contributed by atoms with Gasteiger partial charge in [-0.1, -0.05) is 0 Å². The highest BCUT2D eigenvalue weighted by molar-refractivity contribution is 7.98. The predicted molar refractivity (Wildman–Crippen MR) is 50.2 cm³/mol. The van der Waals surface area contributed by atoms with Gasteiger partial charge in [0.05, 0.1) is 10.2 Å². The van der Waals surface area contributed by atoms with Crippen LogP contribution in [0.25, 0.3) is 10.2 Å². The van der Waals surface area contributed by atoms with Crippen molar-refractivity contribution in [3.63, 3.8) is 0 Å². The number of rotatable bonds is 1. The minimum Gasteiger partial charge on any atom is -0.233 e. The van der Waals surface area contributed by atoms with E-state index in [1.54, 1.807) is 23.1 Å². The van der Waals surface area contributed by atoms with Crippen LogP contribution in [0.15, 0.2) is 23.1 Å². The molecule has 0 saturated carbocycles. The number of benzene rings is 1. The molecule has 0 unspecified atom stereocenters. The highest BCUT2D eigenvalue weighted by Crippen LogP contribution is 2.22. The molecule has 0 bridgehead atoms. The molecular formula is C8H6NS2. The van der Waals surface area contributed by atoms with E-state index in [0.717, 1.165) is 5.52 Å². The van der Waals surface area contributed by atoms with Crippen LogP contribution in [0.4, 0.5) is 0 Å². The average Bonchev–Trinajstić information content (AvgIpc) is 2.50. The fourth-order valence-electron chi connectivity index (χ4n) is 0.919. The largest absolute Gasteiger partial charge is 0.233 e. The van der Waals surface area contributed by atoms with Crippen molar-refractivity contribution in [2.24, 2.45) is 0 Å². The zero-order chi connectivity index (χ0) is 7.68. The Hall–Kier alpha value is -0.540. The summed E-state index contributed by atoms with van der Waals surface area (Å²) in [6.45, 7) is 0. The van der Waals surface area contributed by atoms with Crippen LogP contribution in [0.5, 0.6) is 0 Å². The summed E-state index contributed by atoms with van der Waals surface area (Å²) in [5.41, 5.74) is 3.93. The molecule has 3 heteroatoms. The maximum absolute atomic E-state index is 4.11. The van der Waals surface area contributed by atoms with Crippen molar-refractivity contribution >= 4 is 33.3 Å². The van der Waals surface area contributed by atoms with Crippen LogP contribution in [-0.4, -0.2) is 11.2 Å². The third kappa shape index (κ3) is 1.26. The van der Waals surface area contributed by atoms with Crippen LogP contribution in [0.1, 0.15) is 0 Å². The molecular weight excluding hydrogens is 174 g/mol. The van der Waals surface area contributed by atoms with E-state index in [9.17, 15) is 0 Å². The maximum Gasteiger partial charge on any atom is 0.153 e. The lowest BCUT2D eigenvalue weighted by atomic mass is 10.3. The molecule has 1 nitrogen and oxygen atoms in total. The van der Waals surface area contributed by atoms with Crippen molar-refractivity contribution in [3.05, 3.63) is 23.7 Å². The fourth-order valence-corrected chi connectivity index (χ4v) is 1.94. The van der Waals surface area contributed by atoms with Gasteiger partial charge in [0, 0.05) is 4.90 Å². The summed E-state index contributed by atoms with van der Waals surface area (Å²) in [5, 5.41) is 0. The molecule has 1 radical (unpaired) electrons. The highest BCUT2D eigenvalue weighted by Gasteiger charge is 1.96. The third-order valence-corrected chi connectivity index (χ3v) is 2.96. The number of fused-ring (bicyclic) bond motifs is 1. The summed E-state index contributed by atoms with van der Waals surface area (Å²) in [6, 6.07) is 6.29.